The molecule has 1 N–H and O–H groups in total. The van der Waals surface area contributed by atoms with E-state index in [9.17, 15) is 23.6 Å². The van der Waals surface area contributed by atoms with Gasteiger partial charge in [-0.2, -0.15) is 0 Å². The Morgan fingerprint density at radius 3 is 2.39 bits per heavy atom. The van der Waals surface area contributed by atoms with Crippen molar-refractivity contribution >= 4 is 35.1 Å². The normalized spacial score (nSPS) is 18.5. The first-order valence-corrected chi connectivity index (χ1v) is 11.4. The van der Waals surface area contributed by atoms with Crippen LogP contribution in [-0.4, -0.2) is 40.9 Å². The number of hydrogen-bond acceptors (Lipinski definition) is 5. The molecule has 3 aromatic rings. The van der Waals surface area contributed by atoms with Gasteiger partial charge in [0.15, 0.2) is 6.61 Å². The number of nitrogens with one attached hydrogen (secondary N) is 1. The zero-order chi connectivity index (χ0) is 25.3. The standard InChI is InChI=1S/C27H22FN3O5/c28-19-10-12-20(13-11-19)29-23(32)17-36-26(35)27-15-14-24(33)31(27)22-9-5-4-8-21(22)25(34)30(27)16-18-6-2-1-3-7-18/h1-13H,14-17H2,(H,29,32)/t27-/m1/s1. The Hall–Kier alpha value is -4.53. The van der Waals surface area contributed by atoms with Crippen molar-refractivity contribution in [1.82, 2.24) is 4.90 Å². The van der Waals surface area contributed by atoms with E-state index in [1.807, 2.05) is 30.3 Å². The number of fused-ring (bicyclic) bond motifs is 3. The lowest BCUT2D eigenvalue weighted by molar-refractivity contribution is -0.159. The fourth-order valence-corrected chi connectivity index (χ4v) is 4.71. The van der Waals surface area contributed by atoms with E-state index in [1.165, 1.54) is 34.1 Å². The van der Waals surface area contributed by atoms with Crippen LogP contribution in [0.2, 0.25) is 0 Å². The Bertz CT molecular complexity index is 1350. The number of rotatable bonds is 6. The van der Waals surface area contributed by atoms with Crippen LogP contribution in [0.1, 0.15) is 28.8 Å². The van der Waals surface area contributed by atoms with E-state index in [0.717, 1.165) is 5.56 Å². The molecule has 0 spiro atoms. The highest BCUT2D eigenvalue weighted by atomic mass is 19.1. The first kappa shape index (κ1) is 23.2. The molecular weight excluding hydrogens is 465 g/mol. The molecule has 8 nitrogen and oxygen atoms in total. The molecule has 0 unspecified atom stereocenters. The maximum absolute atomic E-state index is 13.7. The number of carbonyl (C=O) groups excluding carboxylic acids is 4. The molecule has 3 aromatic carbocycles. The Morgan fingerprint density at radius 1 is 0.944 bits per heavy atom. The van der Waals surface area contributed by atoms with Crippen LogP contribution in [0.15, 0.2) is 78.9 Å². The van der Waals surface area contributed by atoms with Crippen LogP contribution < -0.4 is 10.2 Å². The molecule has 0 aromatic heterocycles. The van der Waals surface area contributed by atoms with Crippen LogP contribution in [0.3, 0.4) is 0 Å². The molecule has 182 valence electrons. The van der Waals surface area contributed by atoms with E-state index in [-0.39, 0.29) is 25.3 Å². The van der Waals surface area contributed by atoms with Gasteiger partial charge in [-0.3, -0.25) is 19.3 Å². The fourth-order valence-electron chi connectivity index (χ4n) is 4.71. The van der Waals surface area contributed by atoms with Crippen molar-refractivity contribution in [2.45, 2.75) is 25.0 Å². The Morgan fingerprint density at radius 2 is 1.64 bits per heavy atom. The van der Waals surface area contributed by atoms with Gasteiger partial charge in [0.1, 0.15) is 5.82 Å². The quantitative estimate of drug-likeness (QED) is 0.537. The summed E-state index contributed by atoms with van der Waals surface area (Å²) >= 11 is 0. The van der Waals surface area contributed by atoms with Crippen LogP contribution in [-0.2, 0) is 25.7 Å². The maximum atomic E-state index is 13.7. The van der Waals surface area contributed by atoms with E-state index >= 15 is 0 Å². The van der Waals surface area contributed by atoms with Crippen molar-refractivity contribution in [3.63, 3.8) is 0 Å². The number of ether oxygens (including phenoxy) is 1. The summed E-state index contributed by atoms with van der Waals surface area (Å²) in [6.07, 6.45) is 0.0565. The number of anilines is 2. The minimum Gasteiger partial charge on any atom is -0.452 e. The first-order valence-electron chi connectivity index (χ1n) is 11.4. The molecule has 1 saturated heterocycles. The molecule has 0 radical (unpaired) electrons. The second-order valence-electron chi connectivity index (χ2n) is 8.57. The smallest absolute Gasteiger partial charge is 0.354 e. The summed E-state index contributed by atoms with van der Waals surface area (Å²) in [5.74, 6) is -2.69. The molecule has 9 heteroatoms. The van der Waals surface area contributed by atoms with Crippen LogP contribution in [0.25, 0.3) is 0 Å². The van der Waals surface area contributed by atoms with Gasteiger partial charge in [0.25, 0.3) is 11.8 Å². The summed E-state index contributed by atoms with van der Waals surface area (Å²) < 4.78 is 18.5. The van der Waals surface area contributed by atoms with E-state index < -0.39 is 35.9 Å². The number of esters is 1. The molecule has 0 bridgehead atoms. The molecule has 2 aliphatic heterocycles. The van der Waals surface area contributed by atoms with Crippen LogP contribution in [0.4, 0.5) is 15.8 Å². The second-order valence-corrected chi connectivity index (χ2v) is 8.57. The van der Waals surface area contributed by atoms with Crippen LogP contribution in [0.5, 0.6) is 0 Å². The largest absolute Gasteiger partial charge is 0.452 e. The zero-order valence-corrected chi connectivity index (χ0v) is 19.1. The highest BCUT2D eigenvalue weighted by molar-refractivity contribution is 6.15. The van der Waals surface area contributed by atoms with E-state index in [4.69, 9.17) is 4.74 Å². The van der Waals surface area contributed by atoms with Crippen LogP contribution in [0, 0.1) is 5.82 Å². The second kappa shape index (κ2) is 9.26. The molecular formula is C27H22FN3O5. The van der Waals surface area contributed by atoms with Gasteiger partial charge < -0.3 is 15.0 Å². The lowest BCUT2D eigenvalue weighted by Crippen LogP contribution is -2.68. The van der Waals surface area contributed by atoms with E-state index in [2.05, 4.69) is 5.32 Å². The van der Waals surface area contributed by atoms with Gasteiger partial charge in [-0.25, -0.2) is 9.18 Å². The number of benzene rings is 3. The van der Waals surface area contributed by atoms with E-state index in [1.54, 1.807) is 24.3 Å². The third-order valence-electron chi connectivity index (χ3n) is 6.35. The van der Waals surface area contributed by atoms with Gasteiger partial charge in [-0.05, 0) is 42.0 Å². The molecule has 0 saturated carbocycles. The van der Waals surface area contributed by atoms with Crippen molar-refractivity contribution in [2.75, 3.05) is 16.8 Å². The summed E-state index contributed by atoms with van der Waals surface area (Å²) in [6, 6.07) is 20.9. The minimum atomic E-state index is -1.73. The van der Waals surface area contributed by atoms with E-state index in [0.29, 0.717) is 16.9 Å². The van der Waals surface area contributed by atoms with Gasteiger partial charge >= 0.3 is 5.97 Å². The Kier molecular flexibility index (Phi) is 5.97. The summed E-state index contributed by atoms with van der Waals surface area (Å²) in [6.45, 7) is -0.580. The van der Waals surface area contributed by atoms with Gasteiger partial charge in [-0.1, -0.05) is 42.5 Å². The van der Waals surface area contributed by atoms with Crippen molar-refractivity contribution < 1.29 is 28.3 Å². The monoisotopic (exact) mass is 487 g/mol. The van der Waals surface area contributed by atoms with Crippen molar-refractivity contribution in [1.29, 1.82) is 0 Å². The number of amides is 3. The molecule has 3 amide bonds. The number of hydrogen-bond donors (Lipinski definition) is 1. The number of nitrogens with zero attached hydrogens (tertiary/aromatic N) is 2. The Balaban J connectivity index is 1.46. The summed E-state index contributed by atoms with van der Waals surface area (Å²) in [4.78, 5) is 55.5. The maximum Gasteiger partial charge on any atom is 0.354 e. The third kappa shape index (κ3) is 3.98. The molecule has 2 heterocycles. The highest BCUT2D eigenvalue weighted by Gasteiger charge is 2.62. The summed E-state index contributed by atoms with van der Waals surface area (Å²) in [7, 11) is 0. The zero-order valence-electron chi connectivity index (χ0n) is 19.1. The molecule has 1 atom stereocenters. The predicted octanol–water partition coefficient (Wildman–Crippen LogP) is 3.49. The van der Waals surface area contributed by atoms with Crippen molar-refractivity contribution in [3.8, 4) is 0 Å². The van der Waals surface area contributed by atoms with Crippen LogP contribution >= 0.6 is 0 Å². The van der Waals surface area contributed by atoms with Gasteiger partial charge in [0, 0.05) is 25.1 Å². The van der Waals surface area contributed by atoms with Gasteiger partial charge in [0.2, 0.25) is 11.6 Å². The SMILES string of the molecule is O=C(COC(=O)[C@@]12CCC(=O)N1c1ccccc1C(=O)N2Cc1ccccc1)Nc1ccc(F)cc1. The Labute approximate surface area is 206 Å². The third-order valence-corrected chi connectivity index (χ3v) is 6.35. The topological polar surface area (TPSA) is 96.0 Å². The summed E-state index contributed by atoms with van der Waals surface area (Å²) in [5, 5.41) is 2.53. The summed E-state index contributed by atoms with van der Waals surface area (Å²) in [5.41, 5.74) is 0.0174. The number of carbonyl (C=O) groups is 4. The molecule has 5 rings (SSSR count). The van der Waals surface area contributed by atoms with Gasteiger partial charge in [-0.15, -0.1) is 0 Å². The molecule has 0 aliphatic carbocycles. The lowest BCUT2D eigenvalue weighted by Gasteiger charge is -2.48. The first-order chi connectivity index (χ1) is 17.4. The van der Waals surface area contributed by atoms with Crippen molar-refractivity contribution in [3.05, 3.63) is 95.8 Å². The molecule has 36 heavy (non-hydrogen) atoms. The average Bonchev–Trinajstić information content (AvgIpc) is 3.25. The number of para-hydroxylation sites is 1. The highest BCUT2D eigenvalue weighted by Crippen LogP contribution is 2.45. The minimum absolute atomic E-state index is 0.0250. The number of halogens is 1. The van der Waals surface area contributed by atoms with Gasteiger partial charge in [0.05, 0.1) is 11.3 Å². The van der Waals surface area contributed by atoms with Crippen molar-refractivity contribution in [2.24, 2.45) is 0 Å². The molecule has 2 aliphatic rings. The fraction of sp³-hybridized carbons (Fsp3) is 0.185. The lowest BCUT2D eigenvalue weighted by atomic mass is 9.95. The predicted molar refractivity (Wildman–Crippen MR) is 128 cm³/mol. The molecule has 1 fully saturated rings. The average molecular weight is 487 g/mol.